The maximum atomic E-state index is 11.7. The standard InChI is InChI=1S/C13H13N3O/c1-10-4-2-3-5-11(10)8-16-13(17)12-6-14-9-15-7-12/h2-7,9H,8H2,1H3,(H,16,17). The summed E-state index contributed by atoms with van der Waals surface area (Å²) in [5.74, 6) is -0.158. The summed E-state index contributed by atoms with van der Waals surface area (Å²) in [4.78, 5) is 19.4. The van der Waals surface area contributed by atoms with Gasteiger partial charge in [-0.15, -0.1) is 0 Å². The molecule has 0 saturated heterocycles. The Labute approximate surface area is 99.7 Å². The van der Waals surface area contributed by atoms with E-state index in [1.165, 1.54) is 18.7 Å². The van der Waals surface area contributed by atoms with Gasteiger partial charge in [0.05, 0.1) is 5.56 Å². The lowest BCUT2D eigenvalue weighted by Crippen LogP contribution is -2.23. The molecule has 0 aliphatic carbocycles. The molecule has 86 valence electrons. The molecule has 2 rings (SSSR count). The number of benzene rings is 1. The van der Waals surface area contributed by atoms with Crippen molar-refractivity contribution in [3.8, 4) is 0 Å². The molecular weight excluding hydrogens is 214 g/mol. The largest absolute Gasteiger partial charge is 0.348 e. The van der Waals surface area contributed by atoms with E-state index < -0.39 is 0 Å². The molecule has 4 nitrogen and oxygen atoms in total. The summed E-state index contributed by atoms with van der Waals surface area (Å²) in [5, 5.41) is 2.84. The fourth-order valence-corrected chi connectivity index (χ4v) is 1.50. The molecule has 2 aromatic rings. The van der Waals surface area contributed by atoms with E-state index >= 15 is 0 Å². The molecule has 0 radical (unpaired) electrons. The van der Waals surface area contributed by atoms with E-state index in [-0.39, 0.29) is 5.91 Å². The molecule has 1 aromatic heterocycles. The zero-order valence-electron chi connectivity index (χ0n) is 9.55. The number of nitrogens with one attached hydrogen (secondary N) is 1. The Morgan fingerprint density at radius 2 is 1.94 bits per heavy atom. The topological polar surface area (TPSA) is 54.9 Å². The van der Waals surface area contributed by atoms with Gasteiger partial charge in [-0.3, -0.25) is 4.79 Å². The number of hydrogen-bond donors (Lipinski definition) is 1. The lowest BCUT2D eigenvalue weighted by Gasteiger charge is -2.07. The molecule has 0 aliphatic heterocycles. The van der Waals surface area contributed by atoms with Gasteiger partial charge in [-0.05, 0) is 18.1 Å². The van der Waals surface area contributed by atoms with Crippen LogP contribution in [-0.2, 0) is 6.54 Å². The van der Waals surface area contributed by atoms with Crippen molar-refractivity contribution in [1.82, 2.24) is 15.3 Å². The second-order valence-electron chi connectivity index (χ2n) is 3.74. The molecular formula is C13H13N3O. The minimum Gasteiger partial charge on any atom is -0.348 e. The number of hydrogen-bond acceptors (Lipinski definition) is 3. The van der Waals surface area contributed by atoms with Gasteiger partial charge in [0.15, 0.2) is 0 Å². The minimum atomic E-state index is -0.158. The normalized spacial score (nSPS) is 9.94. The number of carbonyl (C=O) groups is 1. The third kappa shape index (κ3) is 2.87. The summed E-state index contributed by atoms with van der Waals surface area (Å²) >= 11 is 0. The highest BCUT2D eigenvalue weighted by Gasteiger charge is 2.05. The van der Waals surface area contributed by atoms with Crippen molar-refractivity contribution in [2.24, 2.45) is 0 Å². The maximum absolute atomic E-state index is 11.7. The van der Waals surface area contributed by atoms with Crippen LogP contribution >= 0.6 is 0 Å². The fourth-order valence-electron chi connectivity index (χ4n) is 1.50. The number of carbonyl (C=O) groups excluding carboxylic acids is 1. The van der Waals surface area contributed by atoms with Gasteiger partial charge < -0.3 is 5.32 Å². The molecule has 1 N–H and O–H groups in total. The van der Waals surface area contributed by atoms with Gasteiger partial charge >= 0.3 is 0 Å². The second kappa shape index (κ2) is 5.21. The lowest BCUT2D eigenvalue weighted by atomic mass is 10.1. The Morgan fingerprint density at radius 1 is 1.24 bits per heavy atom. The quantitative estimate of drug-likeness (QED) is 0.868. The van der Waals surface area contributed by atoms with Gasteiger partial charge in [-0.1, -0.05) is 24.3 Å². The Bertz CT molecular complexity index is 511. The third-order valence-electron chi connectivity index (χ3n) is 2.52. The predicted molar refractivity (Wildman–Crippen MR) is 64.4 cm³/mol. The van der Waals surface area contributed by atoms with Crippen LogP contribution in [0.5, 0.6) is 0 Å². The highest BCUT2D eigenvalue weighted by molar-refractivity contribution is 5.93. The van der Waals surface area contributed by atoms with Crippen LogP contribution in [0.2, 0.25) is 0 Å². The van der Waals surface area contributed by atoms with Crippen molar-refractivity contribution < 1.29 is 4.79 Å². The number of nitrogens with zero attached hydrogens (tertiary/aromatic N) is 2. The van der Waals surface area contributed by atoms with E-state index in [0.29, 0.717) is 12.1 Å². The van der Waals surface area contributed by atoms with Crippen molar-refractivity contribution in [3.05, 3.63) is 59.7 Å². The molecule has 0 aliphatic rings. The Kier molecular flexibility index (Phi) is 3.45. The van der Waals surface area contributed by atoms with Gasteiger partial charge in [-0.25, -0.2) is 9.97 Å². The Hall–Kier alpha value is -2.23. The number of amides is 1. The lowest BCUT2D eigenvalue weighted by molar-refractivity contribution is 0.0950. The molecule has 0 fully saturated rings. The minimum absolute atomic E-state index is 0.158. The van der Waals surface area contributed by atoms with Gasteiger partial charge in [-0.2, -0.15) is 0 Å². The summed E-state index contributed by atoms with van der Waals surface area (Å²) in [6.07, 6.45) is 4.40. The highest BCUT2D eigenvalue weighted by atomic mass is 16.1. The molecule has 4 heteroatoms. The van der Waals surface area contributed by atoms with Crippen molar-refractivity contribution >= 4 is 5.91 Å². The summed E-state index contributed by atoms with van der Waals surface area (Å²) in [7, 11) is 0. The summed E-state index contributed by atoms with van der Waals surface area (Å²) in [5.41, 5.74) is 2.75. The predicted octanol–water partition coefficient (Wildman–Crippen LogP) is 1.72. The average molecular weight is 227 g/mol. The number of rotatable bonds is 3. The van der Waals surface area contributed by atoms with Crippen LogP contribution < -0.4 is 5.32 Å². The van der Waals surface area contributed by atoms with Crippen LogP contribution in [0.1, 0.15) is 21.5 Å². The Balaban J connectivity index is 2.00. The highest BCUT2D eigenvalue weighted by Crippen LogP contribution is 2.06. The Morgan fingerprint density at radius 3 is 2.65 bits per heavy atom. The van der Waals surface area contributed by atoms with Gasteiger partial charge in [0.1, 0.15) is 6.33 Å². The SMILES string of the molecule is Cc1ccccc1CNC(=O)c1cncnc1. The van der Waals surface area contributed by atoms with E-state index in [0.717, 1.165) is 11.1 Å². The second-order valence-corrected chi connectivity index (χ2v) is 3.74. The molecule has 1 amide bonds. The van der Waals surface area contributed by atoms with Crippen molar-refractivity contribution in [2.45, 2.75) is 13.5 Å². The summed E-state index contributed by atoms with van der Waals surface area (Å²) < 4.78 is 0. The molecule has 0 bridgehead atoms. The van der Waals surface area contributed by atoms with Gasteiger partial charge in [0, 0.05) is 18.9 Å². The van der Waals surface area contributed by atoms with Crippen LogP contribution in [0, 0.1) is 6.92 Å². The molecule has 0 unspecified atom stereocenters. The molecule has 0 spiro atoms. The molecule has 1 heterocycles. The summed E-state index contributed by atoms with van der Waals surface area (Å²) in [6, 6.07) is 7.95. The first kappa shape index (κ1) is 11.3. The van der Waals surface area contributed by atoms with E-state index in [4.69, 9.17) is 0 Å². The van der Waals surface area contributed by atoms with Crippen LogP contribution in [0.3, 0.4) is 0 Å². The van der Waals surface area contributed by atoms with Crippen LogP contribution in [0.25, 0.3) is 0 Å². The monoisotopic (exact) mass is 227 g/mol. The van der Waals surface area contributed by atoms with Gasteiger partial charge in [0.2, 0.25) is 0 Å². The molecule has 0 saturated carbocycles. The van der Waals surface area contributed by atoms with Crippen LogP contribution in [0.15, 0.2) is 43.0 Å². The number of aromatic nitrogens is 2. The van der Waals surface area contributed by atoms with E-state index in [1.54, 1.807) is 0 Å². The van der Waals surface area contributed by atoms with E-state index in [2.05, 4.69) is 15.3 Å². The number of aryl methyl sites for hydroxylation is 1. The molecule has 17 heavy (non-hydrogen) atoms. The first-order valence-corrected chi connectivity index (χ1v) is 5.35. The van der Waals surface area contributed by atoms with Crippen molar-refractivity contribution in [2.75, 3.05) is 0 Å². The first-order chi connectivity index (χ1) is 8.27. The zero-order chi connectivity index (χ0) is 12.1. The molecule has 1 aromatic carbocycles. The average Bonchev–Trinajstić information content (AvgIpc) is 2.38. The van der Waals surface area contributed by atoms with Crippen LogP contribution in [0.4, 0.5) is 0 Å². The van der Waals surface area contributed by atoms with Crippen molar-refractivity contribution in [1.29, 1.82) is 0 Å². The van der Waals surface area contributed by atoms with E-state index in [9.17, 15) is 4.79 Å². The third-order valence-corrected chi connectivity index (χ3v) is 2.52. The maximum Gasteiger partial charge on any atom is 0.254 e. The summed E-state index contributed by atoms with van der Waals surface area (Å²) in [6.45, 7) is 2.54. The van der Waals surface area contributed by atoms with E-state index in [1.807, 2.05) is 31.2 Å². The van der Waals surface area contributed by atoms with Crippen LogP contribution in [-0.4, -0.2) is 15.9 Å². The first-order valence-electron chi connectivity index (χ1n) is 5.35. The van der Waals surface area contributed by atoms with Crippen molar-refractivity contribution in [3.63, 3.8) is 0 Å². The molecule has 0 atom stereocenters. The van der Waals surface area contributed by atoms with Gasteiger partial charge in [0.25, 0.3) is 5.91 Å². The zero-order valence-corrected chi connectivity index (χ0v) is 9.55. The fraction of sp³-hybridized carbons (Fsp3) is 0.154. The smallest absolute Gasteiger partial charge is 0.254 e.